The summed E-state index contributed by atoms with van der Waals surface area (Å²) in [6.45, 7) is 6.54. The van der Waals surface area contributed by atoms with E-state index in [-0.39, 0.29) is 0 Å². The van der Waals surface area contributed by atoms with E-state index in [1.54, 1.807) is 6.08 Å². The number of carboxylic acid groups (broad SMARTS) is 1. The summed E-state index contributed by atoms with van der Waals surface area (Å²) in [7, 11) is -1.30. The molecular weight excluding hydrogens is 228 g/mol. The van der Waals surface area contributed by atoms with Gasteiger partial charge in [-0.25, -0.2) is 4.79 Å². The summed E-state index contributed by atoms with van der Waals surface area (Å²) in [5, 5.41) is 8.32. The number of hydrogen-bond acceptors (Lipinski definition) is 1. The normalized spacial score (nSPS) is 10.8. The topological polar surface area (TPSA) is 37.3 Å². The first-order valence-electron chi connectivity index (χ1n) is 5.48. The van der Waals surface area contributed by atoms with Gasteiger partial charge in [0.1, 0.15) is 8.07 Å². The van der Waals surface area contributed by atoms with Crippen LogP contribution in [0, 0.1) is 23.3 Å². The minimum Gasteiger partial charge on any atom is -0.478 e. The maximum atomic E-state index is 10.1. The fraction of sp³-hybridized carbons (Fsp3) is 0.357. The fourth-order valence-corrected chi connectivity index (χ4v) is 1.23. The number of aliphatic carboxylic acids is 1. The van der Waals surface area contributed by atoms with Crippen molar-refractivity contribution in [2.24, 2.45) is 0 Å². The molecule has 0 aliphatic carbocycles. The smallest absolute Gasteiger partial charge is 0.328 e. The molecule has 90 valence electrons. The summed E-state index contributed by atoms with van der Waals surface area (Å²) in [5.74, 6) is 7.74. The van der Waals surface area contributed by atoms with Crippen LogP contribution in [0.4, 0.5) is 0 Å². The van der Waals surface area contributed by atoms with Crippen LogP contribution in [0.25, 0.3) is 0 Å². The molecule has 0 aromatic rings. The van der Waals surface area contributed by atoms with Gasteiger partial charge in [-0.05, 0) is 18.3 Å². The Morgan fingerprint density at radius 2 is 1.94 bits per heavy atom. The molecule has 0 rings (SSSR count). The van der Waals surface area contributed by atoms with Crippen LogP contribution in [0.5, 0.6) is 0 Å². The molecule has 0 saturated heterocycles. The van der Waals surface area contributed by atoms with Gasteiger partial charge in [-0.3, -0.25) is 0 Å². The molecule has 1 N–H and O–H groups in total. The Labute approximate surface area is 104 Å². The second kappa shape index (κ2) is 8.44. The maximum Gasteiger partial charge on any atom is 0.328 e. The summed E-state index contributed by atoms with van der Waals surface area (Å²) in [6.07, 6.45) is 7.76. The number of hydrogen-bond donors (Lipinski definition) is 1. The van der Waals surface area contributed by atoms with Gasteiger partial charge in [-0.2, -0.15) is 0 Å². The van der Waals surface area contributed by atoms with Gasteiger partial charge in [0.25, 0.3) is 0 Å². The van der Waals surface area contributed by atoms with E-state index in [1.165, 1.54) is 6.08 Å². The van der Waals surface area contributed by atoms with Crippen LogP contribution in [0.2, 0.25) is 19.6 Å². The van der Waals surface area contributed by atoms with E-state index in [2.05, 4.69) is 42.9 Å². The molecule has 3 heteroatoms. The molecular formula is C14H18O2Si. The van der Waals surface area contributed by atoms with Gasteiger partial charge in [0.05, 0.1) is 0 Å². The van der Waals surface area contributed by atoms with Crippen molar-refractivity contribution in [2.75, 3.05) is 0 Å². The molecule has 0 fully saturated rings. The summed E-state index contributed by atoms with van der Waals surface area (Å²) in [4.78, 5) is 10.1. The zero-order valence-electron chi connectivity index (χ0n) is 10.6. The lowest BCUT2D eigenvalue weighted by atomic mass is 10.3. The number of carboxylic acids is 1. The highest BCUT2D eigenvalue weighted by atomic mass is 28.3. The predicted octanol–water partition coefficient (Wildman–Crippen LogP) is 2.85. The summed E-state index contributed by atoms with van der Waals surface area (Å²) >= 11 is 0. The highest BCUT2D eigenvalue weighted by molar-refractivity contribution is 6.83. The van der Waals surface area contributed by atoms with Gasteiger partial charge in [-0.15, -0.1) is 5.54 Å². The van der Waals surface area contributed by atoms with Crippen molar-refractivity contribution in [3.05, 3.63) is 24.3 Å². The number of allylic oxidation sites excluding steroid dienone is 3. The molecule has 17 heavy (non-hydrogen) atoms. The Kier molecular flexibility index (Phi) is 7.59. The van der Waals surface area contributed by atoms with Crippen molar-refractivity contribution in [2.45, 2.75) is 32.5 Å². The summed E-state index contributed by atoms with van der Waals surface area (Å²) in [6, 6.07) is 0. The SMILES string of the molecule is C[Si](C)(C)C#CC#CCC/C=C/C=C/C(=O)O. The Hall–Kier alpha value is -1.71. The van der Waals surface area contributed by atoms with E-state index >= 15 is 0 Å². The molecule has 0 unspecified atom stereocenters. The lowest BCUT2D eigenvalue weighted by Gasteiger charge is -2.01. The minimum absolute atomic E-state index is 0.748. The van der Waals surface area contributed by atoms with Gasteiger partial charge in [0.2, 0.25) is 0 Å². The zero-order chi connectivity index (χ0) is 13.1. The average molecular weight is 246 g/mol. The highest BCUT2D eigenvalue weighted by Crippen LogP contribution is 1.95. The van der Waals surface area contributed by atoms with Gasteiger partial charge >= 0.3 is 5.97 Å². The molecule has 0 aromatic heterocycles. The lowest BCUT2D eigenvalue weighted by Crippen LogP contribution is -2.16. The van der Waals surface area contributed by atoms with Crippen molar-refractivity contribution in [1.29, 1.82) is 0 Å². The number of rotatable bonds is 4. The molecule has 2 nitrogen and oxygen atoms in total. The quantitative estimate of drug-likeness (QED) is 0.272. The predicted molar refractivity (Wildman–Crippen MR) is 74.0 cm³/mol. The molecule has 0 spiro atoms. The van der Waals surface area contributed by atoms with Crippen LogP contribution in [0.1, 0.15) is 12.8 Å². The van der Waals surface area contributed by atoms with Crippen LogP contribution in [0.3, 0.4) is 0 Å². The number of unbranched alkanes of at least 4 members (excludes halogenated alkanes) is 1. The Morgan fingerprint density at radius 3 is 2.53 bits per heavy atom. The van der Waals surface area contributed by atoms with Crippen molar-refractivity contribution in [3.63, 3.8) is 0 Å². The first-order valence-corrected chi connectivity index (χ1v) is 8.98. The van der Waals surface area contributed by atoms with E-state index in [4.69, 9.17) is 5.11 Å². The Balaban J connectivity index is 3.82. The van der Waals surface area contributed by atoms with Crippen molar-refractivity contribution >= 4 is 14.0 Å². The first-order chi connectivity index (χ1) is 7.92. The van der Waals surface area contributed by atoms with Crippen LogP contribution in [0.15, 0.2) is 24.3 Å². The first kappa shape index (κ1) is 15.3. The maximum absolute atomic E-state index is 10.1. The van der Waals surface area contributed by atoms with Gasteiger partial charge in [-0.1, -0.05) is 43.8 Å². The van der Waals surface area contributed by atoms with Crippen LogP contribution in [-0.4, -0.2) is 19.1 Å². The van der Waals surface area contributed by atoms with E-state index in [0.717, 1.165) is 18.9 Å². The molecule has 0 atom stereocenters. The molecule has 0 aromatic carbocycles. The third-order valence-corrected chi connectivity index (χ3v) is 2.39. The molecule has 0 radical (unpaired) electrons. The fourth-order valence-electron chi connectivity index (χ4n) is 0.794. The third kappa shape index (κ3) is 14.3. The van der Waals surface area contributed by atoms with Crippen molar-refractivity contribution < 1.29 is 9.90 Å². The van der Waals surface area contributed by atoms with E-state index in [1.807, 2.05) is 6.08 Å². The van der Waals surface area contributed by atoms with E-state index in [0.29, 0.717) is 0 Å². The van der Waals surface area contributed by atoms with Crippen LogP contribution < -0.4 is 0 Å². The standard InChI is InChI=1S/C14H18O2Si/c1-17(2,3)13-11-9-7-5-4-6-8-10-12-14(15)16/h6,8,10,12H,4-5H2,1-3H3,(H,15,16)/b8-6+,12-10+. The monoisotopic (exact) mass is 246 g/mol. The van der Waals surface area contributed by atoms with Gasteiger partial charge in [0, 0.05) is 12.5 Å². The molecule has 0 amide bonds. The molecule has 0 aliphatic heterocycles. The van der Waals surface area contributed by atoms with Crippen LogP contribution in [-0.2, 0) is 4.79 Å². The van der Waals surface area contributed by atoms with E-state index in [9.17, 15) is 4.79 Å². The van der Waals surface area contributed by atoms with Crippen LogP contribution >= 0.6 is 0 Å². The Morgan fingerprint density at radius 1 is 1.24 bits per heavy atom. The van der Waals surface area contributed by atoms with Gasteiger partial charge in [0.15, 0.2) is 0 Å². The summed E-state index contributed by atoms with van der Waals surface area (Å²) in [5.41, 5.74) is 3.17. The largest absolute Gasteiger partial charge is 0.478 e. The second-order valence-corrected chi connectivity index (χ2v) is 9.22. The molecule has 0 bridgehead atoms. The summed E-state index contributed by atoms with van der Waals surface area (Å²) < 4.78 is 0. The number of carbonyl (C=O) groups is 1. The average Bonchev–Trinajstić information content (AvgIpc) is 2.18. The third-order valence-electron chi connectivity index (χ3n) is 1.51. The molecule has 0 heterocycles. The van der Waals surface area contributed by atoms with Gasteiger partial charge < -0.3 is 5.11 Å². The van der Waals surface area contributed by atoms with Crippen molar-refractivity contribution in [3.8, 4) is 23.3 Å². The lowest BCUT2D eigenvalue weighted by molar-refractivity contribution is -0.131. The second-order valence-electron chi connectivity index (χ2n) is 4.47. The molecule has 0 saturated carbocycles. The minimum atomic E-state index is -1.30. The molecule has 0 aliphatic rings. The van der Waals surface area contributed by atoms with E-state index < -0.39 is 14.0 Å². The highest BCUT2D eigenvalue weighted by Gasteiger charge is 2.06. The zero-order valence-corrected chi connectivity index (χ0v) is 11.6. The Bertz CT molecular complexity index is 417. The van der Waals surface area contributed by atoms with Crippen molar-refractivity contribution in [1.82, 2.24) is 0 Å².